The first-order chi connectivity index (χ1) is 7.54. The van der Waals surface area contributed by atoms with Crippen molar-refractivity contribution in [3.05, 3.63) is 23.8 Å². The minimum atomic E-state index is -0.532. The summed E-state index contributed by atoms with van der Waals surface area (Å²) >= 11 is 0. The minimum Gasteiger partial charge on any atom is -0.385 e. The first kappa shape index (κ1) is 12.4. The largest absolute Gasteiger partial charge is 0.385 e. The third-order valence-electron chi connectivity index (χ3n) is 2.31. The summed E-state index contributed by atoms with van der Waals surface area (Å²) < 4.78 is 0. The van der Waals surface area contributed by atoms with E-state index in [1.165, 1.54) is 0 Å². The second kappa shape index (κ2) is 5.39. The number of urea groups is 1. The van der Waals surface area contributed by atoms with Crippen LogP contribution in [0.1, 0.15) is 32.3 Å². The molecule has 0 aliphatic heterocycles. The third kappa shape index (κ3) is 3.15. The van der Waals surface area contributed by atoms with Gasteiger partial charge in [-0.3, -0.25) is 0 Å². The lowest BCUT2D eigenvalue weighted by molar-refractivity contribution is 0.259. The molecule has 1 rings (SSSR count). The van der Waals surface area contributed by atoms with Gasteiger partial charge in [-0.15, -0.1) is 0 Å². The summed E-state index contributed by atoms with van der Waals surface area (Å²) in [6.07, 6.45) is 0. The van der Waals surface area contributed by atoms with Gasteiger partial charge in [0.15, 0.2) is 0 Å². The molecule has 0 bridgehead atoms. The molecule has 4 N–H and O–H groups in total. The molecule has 4 nitrogen and oxygen atoms in total. The van der Waals surface area contributed by atoms with Gasteiger partial charge < -0.3 is 16.4 Å². The summed E-state index contributed by atoms with van der Waals surface area (Å²) in [5.41, 5.74) is 7.99. The molecule has 0 saturated heterocycles. The zero-order valence-corrected chi connectivity index (χ0v) is 10.0. The Balaban J connectivity index is 3.05. The molecule has 0 spiro atoms. The molecule has 0 aliphatic rings. The van der Waals surface area contributed by atoms with Crippen molar-refractivity contribution in [2.45, 2.75) is 26.7 Å². The summed E-state index contributed by atoms with van der Waals surface area (Å²) in [5, 5.41) is 5.85. The normalized spacial score (nSPS) is 10.2. The van der Waals surface area contributed by atoms with Crippen LogP contribution in [0.4, 0.5) is 16.2 Å². The third-order valence-corrected chi connectivity index (χ3v) is 2.31. The van der Waals surface area contributed by atoms with Crippen LogP contribution in [-0.2, 0) is 0 Å². The fraction of sp³-hybridized carbons (Fsp3) is 0.417. The molecule has 0 fully saturated rings. The number of rotatable bonds is 4. The summed E-state index contributed by atoms with van der Waals surface area (Å²) in [4.78, 5) is 10.9. The zero-order valence-electron chi connectivity index (χ0n) is 10.0. The number of carbonyl (C=O) groups excluding carboxylic acids is 1. The number of hydrogen-bond acceptors (Lipinski definition) is 2. The van der Waals surface area contributed by atoms with E-state index in [0.29, 0.717) is 5.92 Å². The van der Waals surface area contributed by atoms with E-state index >= 15 is 0 Å². The summed E-state index contributed by atoms with van der Waals surface area (Å²) in [5.74, 6) is 0.345. The van der Waals surface area contributed by atoms with Crippen LogP contribution in [0, 0.1) is 0 Å². The Kier molecular flexibility index (Phi) is 4.17. The molecule has 2 amide bonds. The van der Waals surface area contributed by atoms with Crippen molar-refractivity contribution in [1.82, 2.24) is 0 Å². The maximum absolute atomic E-state index is 10.9. The SMILES string of the molecule is CCNc1ccc(C(C)C)c(NC(N)=O)c1. The quantitative estimate of drug-likeness (QED) is 0.731. The van der Waals surface area contributed by atoms with Crippen molar-refractivity contribution in [2.75, 3.05) is 17.2 Å². The number of anilines is 2. The fourth-order valence-electron chi connectivity index (χ4n) is 1.61. The van der Waals surface area contributed by atoms with Crippen molar-refractivity contribution in [2.24, 2.45) is 5.73 Å². The average molecular weight is 221 g/mol. The van der Waals surface area contributed by atoms with Gasteiger partial charge in [-0.2, -0.15) is 0 Å². The fourth-order valence-corrected chi connectivity index (χ4v) is 1.61. The van der Waals surface area contributed by atoms with Gasteiger partial charge in [0, 0.05) is 17.9 Å². The molecule has 0 atom stereocenters. The van der Waals surface area contributed by atoms with Gasteiger partial charge in [0.05, 0.1) is 0 Å². The second-order valence-electron chi connectivity index (χ2n) is 3.98. The first-order valence-electron chi connectivity index (χ1n) is 5.48. The maximum Gasteiger partial charge on any atom is 0.316 e. The van der Waals surface area contributed by atoms with Crippen LogP contribution in [-0.4, -0.2) is 12.6 Å². The van der Waals surface area contributed by atoms with Crippen LogP contribution >= 0.6 is 0 Å². The molecule has 16 heavy (non-hydrogen) atoms. The Morgan fingerprint density at radius 1 is 1.44 bits per heavy atom. The smallest absolute Gasteiger partial charge is 0.316 e. The van der Waals surface area contributed by atoms with Crippen LogP contribution < -0.4 is 16.4 Å². The number of primary amides is 1. The molecule has 0 aliphatic carbocycles. The molecule has 4 heteroatoms. The molecule has 0 radical (unpaired) electrons. The van der Waals surface area contributed by atoms with Gasteiger partial charge in [-0.1, -0.05) is 19.9 Å². The van der Waals surface area contributed by atoms with Gasteiger partial charge in [-0.05, 0) is 30.5 Å². The van der Waals surface area contributed by atoms with Crippen molar-refractivity contribution in [3.63, 3.8) is 0 Å². The van der Waals surface area contributed by atoms with Crippen LogP contribution in [0.3, 0.4) is 0 Å². The highest BCUT2D eigenvalue weighted by Crippen LogP contribution is 2.27. The van der Waals surface area contributed by atoms with Gasteiger partial charge in [-0.25, -0.2) is 4.79 Å². The Hall–Kier alpha value is -1.71. The highest BCUT2D eigenvalue weighted by atomic mass is 16.2. The van der Waals surface area contributed by atoms with E-state index in [-0.39, 0.29) is 0 Å². The summed E-state index contributed by atoms with van der Waals surface area (Å²) in [6.45, 7) is 7.03. The molecule has 88 valence electrons. The molecule has 1 aromatic carbocycles. The van der Waals surface area contributed by atoms with E-state index in [1.807, 2.05) is 25.1 Å². The van der Waals surface area contributed by atoms with Crippen molar-refractivity contribution < 1.29 is 4.79 Å². The Morgan fingerprint density at radius 3 is 2.62 bits per heavy atom. The minimum absolute atomic E-state index is 0.345. The number of hydrogen-bond donors (Lipinski definition) is 3. The van der Waals surface area contributed by atoms with Gasteiger partial charge in [0.2, 0.25) is 0 Å². The maximum atomic E-state index is 10.9. The van der Waals surface area contributed by atoms with Gasteiger partial charge in [0.25, 0.3) is 0 Å². The van der Waals surface area contributed by atoms with E-state index in [1.54, 1.807) is 0 Å². The predicted molar refractivity (Wildman–Crippen MR) is 67.9 cm³/mol. The van der Waals surface area contributed by atoms with Gasteiger partial charge >= 0.3 is 6.03 Å². The first-order valence-corrected chi connectivity index (χ1v) is 5.48. The summed E-state index contributed by atoms with van der Waals surface area (Å²) in [6, 6.07) is 5.39. The number of amides is 2. The van der Waals surface area contributed by atoms with E-state index in [9.17, 15) is 4.79 Å². The number of nitrogens with two attached hydrogens (primary N) is 1. The molecular weight excluding hydrogens is 202 g/mol. The second-order valence-corrected chi connectivity index (χ2v) is 3.98. The Bertz CT molecular complexity index is 375. The number of benzene rings is 1. The number of carbonyl (C=O) groups is 1. The van der Waals surface area contributed by atoms with Crippen LogP contribution in [0.2, 0.25) is 0 Å². The highest BCUT2D eigenvalue weighted by molar-refractivity contribution is 5.89. The monoisotopic (exact) mass is 221 g/mol. The predicted octanol–water partition coefficient (Wildman–Crippen LogP) is 2.73. The van der Waals surface area contributed by atoms with E-state index in [4.69, 9.17) is 5.73 Å². The van der Waals surface area contributed by atoms with Gasteiger partial charge in [0.1, 0.15) is 0 Å². The lowest BCUT2D eigenvalue weighted by atomic mass is 10.0. The Labute approximate surface area is 96.2 Å². The lowest BCUT2D eigenvalue weighted by Gasteiger charge is -2.14. The van der Waals surface area contributed by atoms with Crippen LogP contribution in [0.5, 0.6) is 0 Å². The van der Waals surface area contributed by atoms with Crippen molar-refractivity contribution in [3.8, 4) is 0 Å². The van der Waals surface area contributed by atoms with Crippen LogP contribution in [0.15, 0.2) is 18.2 Å². The standard InChI is InChI=1S/C12H19N3O/c1-4-14-9-5-6-10(8(2)3)11(7-9)15-12(13)16/h5-8,14H,4H2,1-3H3,(H3,13,15,16). The van der Waals surface area contributed by atoms with Crippen molar-refractivity contribution >= 4 is 17.4 Å². The summed E-state index contributed by atoms with van der Waals surface area (Å²) in [7, 11) is 0. The number of nitrogens with one attached hydrogen (secondary N) is 2. The molecule has 1 aromatic rings. The van der Waals surface area contributed by atoms with E-state index in [2.05, 4.69) is 24.5 Å². The van der Waals surface area contributed by atoms with E-state index in [0.717, 1.165) is 23.5 Å². The Morgan fingerprint density at radius 2 is 2.12 bits per heavy atom. The zero-order chi connectivity index (χ0) is 12.1. The highest BCUT2D eigenvalue weighted by Gasteiger charge is 2.08. The average Bonchev–Trinajstić information content (AvgIpc) is 2.16. The molecule has 0 saturated carbocycles. The molecule has 0 heterocycles. The van der Waals surface area contributed by atoms with Crippen molar-refractivity contribution in [1.29, 1.82) is 0 Å². The van der Waals surface area contributed by atoms with E-state index < -0.39 is 6.03 Å². The molecule has 0 aromatic heterocycles. The molecular formula is C12H19N3O. The topological polar surface area (TPSA) is 67.2 Å². The molecule has 0 unspecified atom stereocenters. The van der Waals surface area contributed by atoms with Crippen LogP contribution in [0.25, 0.3) is 0 Å². The lowest BCUT2D eigenvalue weighted by Crippen LogP contribution is -2.20.